The van der Waals surface area contributed by atoms with Gasteiger partial charge in [0, 0.05) is 12.8 Å². The molecule has 0 bridgehead atoms. The van der Waals surface area contributed by atoms with Crippen molar-refractivity contribution in [1.29, 1.82) is 0 Å². The summed E-state index contributed by atoms with van der Waals surface area (Å²) < 4.78 is 5.58. The number of ether oxygens (including phenoxy) is 1. The van der Waals surface area contributed by atoms with Crippen LogP contribution in [0.2, 0.25) is 0 Å². The molecule has 1 aliphatic carbocycles. The lowest BCUT2D eigenvalue weighted by Gasteiger charge is -2.21. The van der Waals surface area contributed by atoms with E-state index >= 15 is 0 Å². The van der Waals surface area contributed by atoms with Gasteiger partial charge in [0.25, 0.3) is 0 Å². The van der Waals surface area contributed by atoms with Gasteiger partial charge in [-0.2, -0.15) is 0 Å². The molecule has 1 N–H and O–H groups in total. The van der Waals surface area contributed by atoms with Gasteiger partial charge in [0.05, 0.1) is 17.9 Å². The molecule has 1 aromatic heterocycles. The van der Waals surface area contributed by atoms with Crippen molar-refractivity contribution in [3.63, 3.8) is 0 Å². The Morgan fingerprint density at radius 1 is 1.25 bits per heavy atom. The Bertz CT molecular complexity index is 301. The molecule has 88 valence electrons. The molecule has 1 aromatic rings. The summed E-state index contributed by atoms with van der Waals surface area (Å²) in [5, 5.41) is 8.48. The summed E-state index contributed by atoms with van der Waals surface area (Å²) in [6, 6.07) is 5.44. The third-order valence-electron chi connectivity index (χ3n) is 3.13. The van der Waals surface area contributed by atoms with Crippen LogP contribution in [0.25, 0.3) is 0 Å². The van der Waals surface area contributed by atoms with Crippen molar-refractivity contribution in [2.24, 2.45) is 0 Å². The minimum atomic E-state index is 0.0286. The fourth-order valence-electron chi connectivity index (χ4n) is 1.94. The zero-order chi connectivity index (χ0) is 11.3. The summed E-state index contributed by atoms with van der Waals surface area (Å²) >= 11 is 0. The molecule has 2 aliphatic rings. The topological polar surface area (TPSA) is 42.4 Å². The molecule has 3 rings (SSSR count). The van der Waals surface area contributed by atoms with Gasteiger partial charge in [0.15, 0.2) is 0 Å². The van der Waals surface area contributed by atoms with Gasteiger partial charge in [-0.1, -0.05) is 6.07 Å². The highest BCUT2D eigenvalue weighted by molar-refractivity contribution is 5.01. The van der Waals surface area contributed by atoms with E-state index in [0.717, 1.165) is 6.61 Å². The summed E-state index contributed by atoms with van der Waals surface area (Å²) in [4.78, 5) is 3.85. The number of hydrogen-bond donors (Lipinski definition) is 1. The second kappa shape index (κ2) is 5.41. The first-order valence-corrected chi connectivity index (χ1v) is 5.99. The summed E-state index contributed by atoms with van der Waals surface area (Å²) in [6.45, 7) is 1.06. The third-order valence-corrected chi connectivity index (χ3v) is 3.13. The summed E-state index contributed by atoms with van der Waals surface area (Å²) in [5.41, 5.74) is 1.14. The highest BCUT2D eigenvalue weighted by Gasteiger charge is 2.44. The maximum atomic E-state index is 8.48. The third kappa shape index (κ3) is 3.29. The minimum absolute atomic E-state index is 0.0286. The Morgan fingerprint density at radius 3 is 2.50 bits per heavy atom. The maximum Gasteiger partial charge on any atom is 0.0852 e. The summed E-state index contributed by atoms with van der Waals surface area (Å²) in [6.07, 6.45) is 8.38. The lowest BCUT2D eigenvalue weighted by Crippen LogP contribution is -2.19. The van der Waals surface area contributed by atoms with E-state index in [2.05, 4.69) is 4.98 Å². The molecule has 1 aliphatic heterocycles. The first-order chi connectivity index (χ1) is 7.85. The Kier molecular flexibility index (Phi) is 3.91. The maximum absolute atomic E-state index is 8.48. The van der Waals surface area contributed by atoms with E-state index in [4.69, 9.17) is 9.84 Å². The molecule has 16 heavy (non-hydrogen) atoms. The van der Waals surface area contributed by atoms with Crippen LogP contribution in [0.5, 0.6) is 0 Å². The van der Waals surface area contributed by atoms with Crippen molar-refractivity contribution in [3.05, 3.63) is 30.1 Å². The van der Waals surface area contributed by atoms with Crippen LogP contribution in [0.1, 0.15) is 37.8 Å². The van der Waals surface area contributed by atoms with Crippen molar-refractivity contribution in [2.45, 2.75) is 44.3 Å². The van der Waals surface area contributed by atoms with Gasteiger partial charge in [-0.15, -0.1) is 0 Å². The van der Waals surface area contributed by atoms with Crippen LogP contribution in [-0.4, -0.2) is 22.3 Å². The molecule has 0 aromatic carbocycles. The molecule has 3 heteroatoms. The van der Waals surface area contributed by atoms with Crippen molar-refractivity contribution in [2.75, 3.05) is 6.61 Å². The molecular weight excluding hydrogens is 202 g/mol. The predicted octanol–water partition coefficient (Wildman–Crippen LogP) is 2.29. The van der Waals surface area contributed by atoms with E-state index < -0.39 is 0 Å². The normalized spacial score (nSPS) is 21.1. The van der Waals surface area contributed by atoms with Crippen molar-refractivity contribution in [1.82, 2.24) is 4.98 Å². The van der Waals surface area contributed by atoms with E-state index in [-0.39, 0.29) is 6.61 Å². The number of aromatic nitrogens is 1. The standard InChI is InChI=1S/C7H12O.C6H7NO/c1-2-6-8-7(3-1)4-5-7;8-5-6-3-1-2-4-7-6/h1-6H2;1-4,8H,5H2. The second-order valence-corrected chi connectivity index (χ2v) is 4.47. The van der Waals surface area contributed by atoms with Crippen LogP contribution >= 0.6 is 0 Å². The molecule has 0 radical (unpaired) electrons. The highest BCUT2D eigenvalue weighted by Crippen LogP contribution is 2.45. The zero-order valence-electron chi connectivity index (χ0n) is 9.56. The smallest absolute Gasteiger partial charge is 0.0852 e. The monoisotopic (exact) mass is 221 g/mol. The number of pyridine rings is 1. The summed E-state index contributed by atoms with van der Waals surface area (Å²) in [7, 11) is 0. The minimum Gasteiger partial charge on any atom is -0.390 e. The van der Waals surface area contributed by atoms with E-state index in [1.807, 2.05) is 12.1 Å². The Hall–Kier alpha value is -0.930. The molecule has 0 unspecified atom stereocenters. The molecule has 3 nitrogen and oxygen atoms in total. The lowest BCUT2D eigenvalue weighted by atomic mass is 10.1. The molecular formula is C13H19NO2. The number of aliphatic hydroxyl groups is 1. The van der Waals surface area contributed by atoms with Gasteiger partial charge >= 0.3 is 0 Å². The second-order valence-electron chi connectivity index (χ2n) is 4.47. The van der Waals surface area contributed by atoms with E-state index in [1.165, 1.54) is 32.1 Å². The van der Waals surface area contributed by atoms with Crippen molar-refractivity contribution in [3.8, 4) is 0 Å². The Labute approximate surface area is 96.5 Å². The zero-order valence-corrected chi connectivity index (χ0v) is 9.56. The van der Waals surface area contributed by atoms with Crippen molar-refractivity contribution < 1.29 is 9.84 Å². The SMILES string of the molecule is C1CCC2(CC2)OC1.OCc1ccccn1. The molecule has 0 amide bonds. The number of rotatable bonds is 1. The van der Waals surface area contributed by atoms with Gasteiger partial charge < -0.3 is 9.84 Å². The van der Waals surface area contributed by atoms with Crippen LogP contribution in [0.4, 0.5) is 0 Å². The van der Waals surface area contributed by atoms with Crippen LogP contribution in [0.3, 0.4) is 0 Å². The van der Waals surface area contributed by atoms with Gasteiger partial charge in [-0.25, -0.2) is 0 Å². The molecule has 1 spiro atoms. The molecule has 1 saturated carbocycles. The van der Waals surface area contributed by atoms with Crippen LogP contribution in [0, 0.1) is 0 Å². The average Bonchev–Trinajstić information content (AvgIpc) is 3.11. The number of hydrogen-bond acceptors (Lipinski definition) is 3. The fourth-order valence-corrected chi connectivity index (χ4v) is 1.94. The number of nitrogens with zero attached hydrogens (tertiary/aromatic N) is 1. The van der Waals surface area contributed by atoms with Gasteiger partial charge in [-0.05, 0) is 44.2 Å². The van der Waals surface area contributed by atoms with Gasteiger partial charge in [-0.3, -0.25) is 4.98 Å². The first kappa shape index (κ1) is 11.6. The van der Waals surface area contributed by atoms with E-state index in [1.54, 1.807) is 12.3 Å². The summed E-state index contributed by atoms with van der Waals surface area (Å²) in [5.74, 6) is 0. The lowest BCUT2D eigenvalue weighted by molar-refractivity contribution is -0.00394. The van der Waals surface area contributed by atoms with Crippen LogP contribution < -0.4 is 0 Å². The van der Waals surface area contributed by atoms with E-state index in [9.17, 15) is 0 Å². The fraction of sp³-hybridized carbons (Fsp3) is 0.615. The molecule has 1 saturated heterocycles. The predicted molar refractivity (Wildman–Crippen MR) is 61.9 cm³/mol. The molecule has 2 heterocycles. The molecule has 0 atom stereocenters. The largest absolute Gasteiger partial charge is 0.390 e. The van der Waals surface area contributed by atoms with Crippen molar-refractivity contribution >= 4 is 0 Å². The van der Waals surface area contributed by atoms with Crippen LogP contribution in [0.15, 0.2) is 24.4 Å². The van der Waals surface area contributed by atoms with Gasteiger partial charge in [0.1, 0.15) is 0 Å². The van der Waals surface area contributed by atoms with E-state index in [0.29, 0.717) is 11.3 Å². The Balaban J connectivity index is 0.000000120. The quantitative estimate of drug-likeness (QED) is 0.791. The van der Waals surface area contributed by atoms with Gasteiger partial charge in [0.2, 0.25) is 0 Å². The average molecular weight is 221 g/mol. The number of aliphatic hydroxyl groups excluding tert-OH is 1. The molecule has 2 fully saturated rings. The Morgan fingerprint density at radius 2 is 2.12 bits per heavy atom. The first-order valence-electron chi connectivity index (χ1n) is 5.99. The van der Waals surface area contributed by atoms with Crippen LogP contribution in [-0.2, 0) is 11.3 Å². The highest BCUT2D eigenvalue weighted by atomic mass is 16.5.